The van der Waals surface area contributed by atoms with E-state index in [1.54, 1.807) is 30.3 Å². The van der Waals surface area contributed by atoms with Gasteiger partial charge in [0, 0.05) is 16.3 Å². The first-order valence-electron chi connectivity index (χ1n) is 38.7. The van der Waals surface area contributed by atoms with E-state index in [0.717, 1.165) is 52.3 Å². The molecule has 4 atom stereocenters. The minimum atomic E-state index is -0.432. The molecule has 2 aliphatic carbocycles. The molecule has 0 bridgehead atoms. The quantitative estimate of drug-likeness (QED) is 0.138. The summed E-state index contributed by atoms with van der Waals surface area (Å²) in [5, 5.41) is 3.33. The zero-order valence-electron chi connectivity index (χ0n) is 64.8. The Morgan fingerprint density at radius 3 is 1.17 bits per heavy atom. The zero-order chi connectivity index (χ0) is 73.4. The van der Waals surface area contributed by atoms with Crippen molar-refractivity contribution in [3.05, 3.63) is 349 Å². The van der Waals surface area contributed by atoms with Gasteiger partial charge in [0.25, 0.3) is 0 Å². The van der Waals surface area contributed by atoms with Gasteiger partial charge >= 0.3 is 0 Å². The Balaban J connectivity index is 0.000000156. The second kappa shape index (κ2) is 22.7. The van der Waals surface area contributed by atoms with Gasteiger partial charge in [-0.25, -0.2) is 0 Å². The number of furan rings is 1. The molecule has 0 aliphatic heterocycles. The lowest BCUT2D eigenvalue weighted by atomic mass is 9.64. The Morgan fingerprint density at radius 1 is 0.300 bits per heavy atom. The fourth-order valence-electron chi connectivity index (χ4n) is 15.0. The van der Waals surface area contributed by atoms with Crippen molar-refractivity contribution >= 4 is 65.0 Å². The topological polar surface area (TPSA) is 13.1 Å². The van der Waals surface area contributed by atoms with Crippen molar-refractivity contribution in [1.29, 1.82) is 0 Å². The lowest BCUT2D eigenvalue weighted by Gasteiger charge is -2.40. The van der Waals surface area contributed by atoms with Gasteiger partial charge in [0.15, 0.2) is 0 Å². The average molecular weight is 1170 g/mol. The molecule has 1 heteroatoms. The molecular weight excluding hydrogens is 1080 g/mol. The predicted molar refractivity (Wildman–Crippen MR) is 380 cm³/mol. The van der Waals surface area contributed by atoms with Crippen LogP contribution in [0.3, 0.4) is 0 Å². The van der Waals surface area contributed by atoms with Crippen molar-refractivity contribution in [2.45, 2.75) is 37.0 Å². The minimum Gasteiger partial charge on any atom is -0.455 e. The number of hydrogen-bond acceptors (Lipinski definition) is 1. The summed E-state index contributed by atoms with van der Waals surface area (Å²) in [4.78, 5) is 0. The van der Waals surface area contributed by atoms with Gasteiger partial charge in [-0.05, 0) is 188 Å². The largest absolute Gasteiger partial charge is 0.455 e. The van der Waals surface area contributed by atoms with Gasteiger partial charge in [-0.3, -0.25) is 0 Å². The van der Waals surface area contributed by atoms with Crippen LogP contribution in [0.5, 0.6) is 0 Å². The van der Waals surface area contributed by atoms with E-state index >= 15 is 0 Å². The third kappa shape index (κ3) is 9.23. The van der Waals surface area contributed by atoms with Crippen LogP contribution in [0.4, 0.5) is 0 Å². The van der Waals surface area contributed by atoms with E-state index in [1.165, 1.54) is 22.3 Å². The Kier molecular flexibility index (Phi) is 9.86. The molecule has 4 unspecified atom stereocenters. The summed E-state index contributed by atoms with van der Waals surface area (Å²) in [6, 6.07) is 70.4. The van der Waals surface area contributed by atoms with Gasteiger partial charge in [-0.2, -0.15) is 0 Å². The fraction of sp³-hybridized carbons (Fsp3) is 0.0787. The molecule has 0 amide bonds. The molecule has 1 aromatic heterocycles. The van der Waals surface area contributed by atoms with Crippen LogP contribution in [-0.2, 0) is 6.42 Å². The van der Waals surface area contributed by atoms with Crippen molar-refractivity contribution in [1.82, 2.24) is 0 Å². The molecule has 1 saturated carbocycles. The first-order chi connectivity index (χ1) is 51.3. The second-order valence-corrected chi connectivity index (χ2v) is 23.6. The van der Waals surface area contributed by atoms with Gasteiger partial charge < -0.3 is 4.42 Å². The summed E-state index contributed by atoms with van der Waals surface area (Å²) in [7, 11) is 0. The predicted octanol–water partition coefficient (Wildman–Crippen LogP) is 24.5. The van der Waals surface area contributed by atoms with E-state index < -0.39 is 24.2 Å². The van der Waals surface area contributed by atoms with Crippen LogP contribution < -0.4 is 0 Å². The van der Waals surface area contributed by atoms with E-state index in [1.807, 2.05) is 109 Å². The highest BCUT2D eigenvalue weighted by molar-refractivity contribution is 6.24. The third-order valence-corrected chi connectivity index (χ3v) is 18.8. The summed E-state index contributed by atoms with van der Waals surface area (Å²) in [6.07, 6.45) is 2.95. The van der Waals surface area contributed by atoms with Crippen LogP contribution in [0, 0.1) is 5.92 Å². The van der Waals surface area contributed by atoms with E-state index in [0.29, 0.717) is 73.4 Å². The van der Waals surface area contributed by atoms with Gasteiger partial charge in [0.05, 0.1) is 21.9 Å². The molecular formula is C89H64O. The second-order valence-electron chi connectivity index (χ2n) is 23.6. The highest BCUT2D eigenvalue weighted by atomic mass is 16.3. The Labute approximate surface area is 548 Å². The molecule has 0 spiro atoms. The molecule has 1 fully saturated rings. The van der Waals surface area contributed by atoms with Crippen LogP contribution in [0.2, 0.25) is 0 Å². The maximum atomic E-state index is 9.33. The van der Waals surface area contributed by atoms with E-state index in [4.69, 9.17) is 15.4 Å². The molecule has 15 aromatic carbocycles. The molecule has 1 nitrogen and oxygen atoms in total. The van der Waals surface area contributed by atoms with Gasteiger partial charge in [-0.1, -0.05) is 309 Å². The average Bonchev–Trinajstić information content (AvgIpc) is 0.792. The van der Waals surface area contributed by atoms with Gasteiger partial charge in [0.1, 0.15) is 11.2 Å². The fourth-order valence-corrected chi connectivity index (χ4v) is 15.0. The molecule has 426 valence electrons. The molecule has 0 N–H and O–H groups in total. The number of fused-ring (bicyclic) bond motifs is 10. The van der Waals surface area contributed by atoms with Gasteiger partial charge in [0.2, 0.25) is 0 Å². The molecule has 0 saturated heterocycles. The van der Waals surface area contributed by atoms with Crippen molar-refractivity contribution in [2.75, 3.05) is 0 Å². The zero-order valence-corrected chi connectivity index (χ0v) is 48.8. The van der Waals surface area contributed by atoms with Crippen LogP contribution in [0.1, 0.15) is 74.8 Å². The van der Waals surface area contributed by atoms with Crippen molar-refractivity contribution in [3.8, 4) is 66.8 Å². The molecule has 2 aliphatic rings. The van der Waals surface area contributed by atoms with Crippen molar-refractivity contribution in [3.63, 3.8) is 0 Å². The molecule has 16 aromatic rings. The van der Waals surface area contributed by atoms with E-state index in [9.17, 15) is 11.0 Å². The number of rotatable bonds is 8. The van der Waals surface area contributed by atoms with E-state index in [2.05, 4.69) is 91.0 Å². The molecule has 90 heavy (non-hydrogen) atoms. The van der Waals surface area contributed by atoms with Gasteiger partial charge in [-0.15, -0.1) is 0 Å². The van der Waals surface area contributed by atoms with Crippen LogP contribution >= 0.6 is 0 Å². The lowest BCUT2D eigenvalue weighted by Crippen LogP contribution is -2.27. The summed E-state index contributed by atoms with van der Waals surface area (Å²) < 4.78 is 150. The Hall–Kier alpha value is -10.9. The summed E-state index contributed by atoms with van der Waals surface area (Å²) in [6.45, 7) is 0. The monoisotopic (exact) mass is 1160 g/mol. The smallest absolute Gasteiger partial charge is 0.143 e. The lowest BCUT2D eigenvalue weighted by molar-refractivity contribution is 0.256. The summed E-state index contributed by atoms with van der Waals surface area (Å²) >= 11 is 0. The first kappa shape index (κ1) is 39.1. The van der Waals surface area contributed by atoms with Crippen LogP contribution in [0.15, 0.2) is 332 Å². The number of benzene rings is 15. The maximum Gasteiger partial charge on any atom is 0.143 e. The van der Waals surface area contributed by atoms with Crippen molar-refractivity contribution < 1.29 is 26.3 Å². The van der Waals surface area contributed by atoms with Crippen molar-refractivity contribution in [2.24, 2.45) is 5.92 Å². The third-order valence-electron chi connectivity index (χ3n) is 18.8. The minimum absolute atomic E-state index is 0.177. The molecule has 18 rings (SSSR count). The van der Waals surface area contributed by atoms with E-state index in [-0.39, 0.29) is 122 Å². The summed E-state index contributed by atoms with van der Waals surface area (Å²) in [5.41, 5.74) is 14.2. The van der Waals surface area contributed by atoms with Crippen LogP contribution in [0.25, 0.3) is 132 Å². The van der Waals surface area contributed by atoms with Crippen LogP contribution in [-0.4, -0.2) is 0 Å². The number of hydrogen-bond donors (Lipinski definition) is 0. The SMILES string of the molecule is [2H]c1c([2H])c([2H])c2c(-c3ccc4c(c3)C3CC(c5ccccc5)CC(c5ccccc5)C3C4)c3c([2H])c([2H])c([2H])c([2H])c3c(-c3ccccc3)c2c1[2H].[2H]c1c([2H])c([2H])c2c(-c3ccc4oc5c(-c6ccccc6)c(-c6ccccc6)ccc5c4c3)c3c([2H])c([2H])c([2H])c([2H])c3c(-c3ccccc3)c2c1[2H]. The molecule has 0 radical (unpaired) electrons. The normalized spacial score (nSPS) is 18.6. The Bertz CT molecular complexity index is 6150. The highest BCUT2D eigenvalue weighted by Crippen LogP contribution is 2.58. The highest BCUT2D eigenvalue weighted by Gasteiger charge is 2.44. The standard InChI is InChI=1S/C45H36.C44H28O/c1-4-14-30(15-5-1)35-28-40(31-16-6-2-7-17-31)42-26-33-24-25-34(27-41(33)43(42)29-35)45-38-22-12-10-20-36(38)44(32-18-8-3-9-19-32)37-21-11-13-23-39(37)45;1-4-14-29(15-5-1)33-25-26-38-39-28-32(24-27-40(39)45-44(38)43(33)31-18-8-3-9-19-31)42-36-22-12-10-20-34(36)41(30-16-6-2-7-17-30)35-21-11-13-23-37(35)42/h1-25,27,35,40,42-43H,26,28-29H2;1-28H/i2*10D,11D,12D,13D,20D,21D,22D,23D. The maximum absolute atomic E-state index is 9.33. The summed E-state index contributed by atoms with van der Waals surface area (Å²) in [5.74, 6) is 1.31. The first-order valence-corrected chi connectivity index (χ1v) is 30.7. The Morgan fingerprint density at radius 2 is 0.689 bits per heavy atom. The molecule has 1 heterocycles.